The molecule has 2 heterocycles. The highest BCUT2D eigenvalue weighted by Gasteiger charge is 2.38. The highest BCUT2D eigenvalue weighted by molar-refractivity contribution is 5.90. The maximum Gasteiger partial charge on any atom is 0.411 e. The third-order valence-corrected chi connectivity index (χ3v) is 6.03. The van der Waals surface area contributed by atoms with Gasteiger partial charge in [-0.05, 0) is 67.2 Å². The zero-order valence-corrected chi connectivity index (χ0v) is 28.6. The van der Waals surface area contributed by atoms with Crippen molar-refractivity contribution in [1.82, 2.24) is 15.1 Å². The number of carbonyl (C=O) groups excluding carboxylic acids is 5. The second-order valence-corrected chi connectivity index (χ2v) is 12.1. The first-order chi connectivity index (χ1) is 20.7. The number of carbonyl (C=O) groups is 6. The smallest absolute Gasteiger partial charge is 0.411 e. The second kappa shape index (κ2) is 20.7. The van der Waals surface area contributed by atoms with Gasteiger partial charge in [0.05, 0.1) is 27.4 Å². The van der Waals surface area contributed by atoms with E-state index in [0.717, 1.165) is 6.42 Å². The summed E-state index contributed by atoms with van der Waals surface area (Å²) in [7, 11) is 2.39. The van der Waals surface area contributed by atoms with Crippen LogP contribution in [0.2, 0.25) is 0 Å². The number of likely N-dealkylation sites (tertiary alicyclic amines) is 2. The number of aliphatic hydroxyl groups is 2. The van der Waals surface area contributed by atoms with Crippen molar-refractivity contribution in [3.63, 3.8) is 0 Å². The van der Waals surface area contributed by atoms with Crippen molar-refractivity contribution in [3.05, 3.63) is 0 Å². The molecule has 17 nitrogen and oxygen atoms in total. The molecule has 0 aromatic rings. The van der Waals surface area contributed by atoms with Crippen LogP contribution < -0.4 is 11.1 Å². The van der Waals surface area contributed by atoms with Crippen molar-refractivity contribution in [1.29, 1.82) is 0 Å². The number of carboxylic acids is 1. The van der Waals surface area contributed by atoms with Gasteiger partial charge in [0.2, 0.25) is 5.91 Å². The van der Waals surface area contributed by atoms with Crippen molar-refractivity contribution in [3.8, 4) is 0 Å². The van der Waals surface area contributed by atoms with Crippen LogP contribution in [0.15, 0.2) is 0 Å². The Labute approximate surface area is 275 Å². The largest absolute Gasteiger partial charge is 0.480 e. The van der Waals surface area contributed by atoms with Gasteiger partial charge in [0, 0.05) is 13.1 Å². The van der Waals surface area contributed by atoms with Crippen molar-refractivity contribution in [2.75, 3.05) is 40.5 Å². The maximum atomic E-state index is 12.2. The lowest BCUT2D eigenvalue weighted by Gasteiger charge is -2.28. The molecule has 0 aromatic heterocycles. The number of esters is 2. The number of amides is 3. The lowest BCUT2D eigenvalue weighted by atomic mass is 10.2. The Kier molecular flexibility index (Phi) is 20.1. The minimum absolute atomic E-state index is 0. The van der Waals surface area contributed by atoms with Crippen molar-refractivity contribution in [2.24, 2.45) is 5.73 Å². The number of halogens is 1. The molecule has 2 fully saturated rings. The van der Waals surface area contributed by atoms with Crippen LogP contribution in [0.25, 0.3) is 0 Å². The molecule has 0 saturated carbocycles. The quantitative estimate of drug-likeness (QED) is 0.180. The number of nitrogens with one attached hydrogen (secondary N) is 1. The van der Waals surface area contributed by atoms with Gasteiger partial charge in [-0.2, -0.15) is 0 Å². The summed E-state index contributed by atoms with van der Waals surface area (Å²) in [4.78, 5) is 71.0. The highest BCUT2D eigenvalue weighted by atomic mass is 35.5. The summed E-state index contributed by atoms with van der Waals surface area (Å²) in [6, 6.07) is -3.47. The number of rotatable bonds is 7. The van der Waals surface area contributed by atoms with E-state index in [1.54, 1.807) is 41.5 Å². The number of hydrogen-bond acceptors (Lipinski definition) is 13. The molecular weight excluding hydrogens is 636 g/mol. The van der Waals surface area contributed by atoms with E-state index < -0.39 is 78.0 Å². The number of ether oxygens (including phenoxy) is 4. The summed E-state index contributed by atoms with van der Waals surface area (Å²) in [5, 5.41) is 28.6. The van der Waals surface area contributed by atoms with E-state index in [4.69, 9.17) is 30.5 Å². The molecule has 18 heteroatoms. The van der Waals surface area contributed by atoms with E-state index in [-0.39, 0.29) is 19.0 Å². The summed E-state index contributed by atoms with van der Waals surface area (Å²) in [5.74, 6) is -2.80. The van der Waals surface area contributed by atoms with Crippen LogP contribution in [-0.4, -0.2) is 137 Å². The van der Waals surface area contributed by atoms with Gasteiger partial charge in [-0.25, -0.2) is 19.2 Å². The number of nitrogens with zero attached hydrogens (tertiary/aromatic N) is 2. The van der Waals surface area contributed by atoms with Crippen LogP contribution >= 0.6 is 12.4 Å². The van der Waals surface area contributed by atoms with E-state index in [2.05, 4.69) is 14.8 Å². The fraction of sp³-hybridized carbons (Fsp3) is 0.786. The van der Waals surface area contributed by atoms with Gasteiger partial charge in [0.15, 0.2) is 6.04 Å². The van der Waals surface area contributed by atoms with Crippen molar-refractivity contribution < 1.29 is 63.0 Å². The predicted molar refractivity (Wildman–Crippen MR) is 165 cm³/mol. The number of nitrogens with two attached hydrogens (primary N) is 1. The van der Waals surface area contributed by atoms with E-state index in [1.165, 1.54) is 24.0 Å². The van der Waals surface area contributed by atoms with Crippen LogP contribution in [0.3, 0.4) is 0 Å². The molecule has 6 N–H and O–H groups in total. The van der Waals surface area contributed by atoms with Crippen LogP contribution in [0.1, 0.15) is 67.2 Å². The molecule has 0 radical (unpaired) electrons. The van der Waals surface area contributed by atoms with Gasteiger partial charge < -0.3 is 45.3 Å². The second-order valence-electron chi connectivity index (χ2n) is 12.1. The normalized spacial score (nSPS) is 18.6. The zero-order valence-electron chi connectivity index (χ0n) is 27.8. The Bertz CT molecular complexity index is 1020. The molecule has 0 aromatic carbocycles. The fourth-order valence-corrected chi connectivity index (χ4v) is 3.96. The minimum atomic E-state index is -1.14. The van der Waals surface area contributed by atoms with Gasteiger partial charge in [-0.1, -0.05) is 0 Å². The minimum Gasteiger partial charge on any atom is -0.480 e. The van der Waals surface area contributed by atoms with E-state index in [9.17, 15) is 28.8 Å². The first-order valence-electron chi connectivity index (χ1n) is 14.4. The number of hydrogen-bond donors (Lipinski definition) is 5. The number of carboxylic acid groups (broad SMARTS) is 1. The molecule has 0 spiro atoms. The van der Waals surface area contributed by atoms with Crippen molar-refractivity contribution in [2.45, 2.75) is 103 Å². The highest BCUT2D eigenvalue weighted by Crippen LogP contribution is 2.22. The van der Waals surface area contributed by atoms with E-state index in [0.29, 0.717) is 32.4 Å². The van der Waals surface area contributed by atoms with Gasteiger partial charge in [-0.3, -0.25) is 19.4 Å². The molecule has 2 saturated heterocycles. The molecule has 2 aliphatic heterocycles. The average molecular weight is 687 g/mol. The summed E-state index contributed by atoms with van der Waals surface area (Å²) in [6.07, 6.45) is 1.27. The number of aliphatic hydroxyl groups excluding tert-OH is 2. The Morgan fingerprint density at radius 2 is 1.20 bits per heavy atom. The number of methoxy groups -OCH3 is 2. The standard InChI is InChI=1S/C14H24N2O6.C10H17NO4.C4H9NO3.ClH/c1-14(2,3)22-13(20)16-7-5-6-10(16)11(18)15-9(8-17)12(19)21-4;1-10(2,3)15-9(14)11-6-4-5-7(11)8(12)13;1-8-4(7)3(5)2-6;/h9-10,17H,5-8H2,1-4H3,(H,15,18);7H,4-6H2,1-3H3,(H,12,13);3,6H,2,5H2,1H3;1H/t9-,10-;7-;3-;/m000./s1. The van der Waals surface area contributed by atoms with Gasteiger partial charge in [-0.15, -0.1) is 12.4 Å². The molecular formula is C28H51ClN4O13. The molecule has 2 aliphatic rings. The van der Waals surface area contributed by atoms with Crippen molar-refractivity contribution >= 4 is 48.4 Å². The molecule has 2 rings (SSSR count). The van der Waals surface area contributed by atoms with Gasteiger partial charge in [0.25, 0.3) is 0 Å². The van der Waals surface area contributed by atoms with E-state index in [1.807, 2.05) is 0 Å². The predicted octanol–water partition coefficient (Wildman–Crippen LogP) is 0.407. The van der Waals surface area contributed by atoms with Gasteiger partial charge in [0.1, 0.15) is 29.3 Å². The molecule has 0 unspecified atom stereocenters. The fourth-order valence-electron chi connectivity index (χ4n) is 3.96. The maximum absolute atomic E-state index is 12.2. The molecule has 46 heavy (non-hydrogen) atoms. The molecule has 0 aliphatic carbocycles. The summed E-state index contributed by atoms with van der Waals surface area (Å²) in [5.41, 5.74) is 3.77. The SMILES string of the molecule is CC(C)(C)OC(=O)N1CCC[C@H]1C(=O)O.COC(=O)[C@@H](N)CO.COC(=O)[C@H](CO)NC(=O)[C@@H]1CCCN1C(=O)OC(C)(C)C.Cl. The third kappa shape index (κ3) is 16.2. The van der Waals surface area contributed by atoms with Crippen LogP contribution in [0, 0.1) is 0 Å². The summed E-state index contributed by atoms with van der Waals surface area (Å²) < 4.78 is 19.1. The monoisotopic (exact) mass is 686 g/mol. The summed E-state index contributed by atoms with van der Waals surface area (Å²) in [6.45, 7) is 10.5. The first-order valence-corrected chi connectivity index (χ1v) is 14.4. The summed E-state index contributed by atoms with van der Waals surface area (Å²) >= 11 is 0. The third-order valence-electron chi connectivity index (χ3n) is 6.03. The molecule has 268 valence electrons. The number of aliphatic carboxylic acids is 1. The topological polar surface area (TPSA) is 245 Å². The Morgan fingerprint density at radius 3 is 1.52 bits per heavy atom. The molecule has 4 atom stereocenters. The van der Waals surface area contributed by atoms with Crippen LogP contribution in [0.5, 0.6) is 0 Å². The average Bonchev–Trinajstić information content (AvgIpc) is 3.64. The van der Waals surface area contributed by atoms with Gasteiger partial charge >= 0.3 is 30.1 Å². The lowest BCUT2D eigenvalue weighted by molar-refractivity contribution is -0.146. The van der Waals surface area contributed by atoms with Crippen LogP contribution in [-0.2, 0) is 38.1 Å². The Morgan fingerprint density at radius 1 is 0.783 bits per heavy atom. The Balaban J connectivity index is 0. The Hall–Kier alpha value is -3.41. The molecule has 0 bridgehead atoms. The first kappa shape index (κ1) is 44.7. The lowest BCUT2D eigenvalue weighted by Crippen LogP contribution is -2.52. The zero-order chi connectivity index (χ0) is 35.1. The van der Waals surface area contributed by atoms with E-state index >= 15 is 0 Å². The van der Waals surface area contributed by atoms with Crippen LogP contribution in [0.4, 0.5) is 9.59 Å². The molecule has 3 amide bonds.